The van der Waals surface area contributed by atoms with E-state index in [4.69, 9.17) is 6.42 Å². The summed E-state index contributed by atoms with van der Waals surface area (Å²) in [5.74, 6) is 3.01. The molecule has 1 aliphatic carbocycles. The number of aliphatic imine (C=N–C) groups is 1. The fourth-order valence-corrected chi connectivity index (χ4v) is 3.12. The molecule has 2 heteroatoms. The van der Waals surface area contributed by atoms with Crippen molar-refractivity contribution in [2.75, 3.05) is 6.61 Å². The predicted octanol–water partition coefficient (Wildman–Crippen LogP) is 2.33. The number of hydrogen-bond acceptors (Lipinski definition) is 2. The van der Waals surface area contributed by atoms with Crippen LogP contribution in [0, 0.1) is 17.8 Å². The van der Waals surface area contributed by atoms with Crippen molar-refractivity contribution in [3.05, 3.63) is 12.2 Å². The molecule has 16 heavy (non-hydrogen) atoms. The Labute approximate surface area is 97.5 Å². The van der Waals surface area contributed by atoms with Crippen LogP contribution in [-0.4, -0.2) is 23.5 Å². The van der Waals surface area contributed by atoms with E-state index in [1.165, 1.54) is 19.3 Å². The zero-order valence-electron chi connectivity index (χ0n) is 9.65. The molecule has 2 nitrogen and oxygen atoms in total. The molecule has 86 valence electrons. The minimum Gasteiger partial charge on any atom is -0.396 e. The Hall–Kier alpha value is -1.07. The lowest BCUT2D eigenvalue weighted by molar-refractivity contribution is 0.138. The Kier molecular flexibility index (Phi) is 3.16. The number of allylic oxidation sites excluding steroid dienone is 1. The van der Waals surface area contributed by atoms with Crippen LogP contribution in [0.4, 0.5) is 0 Å². The van der Waals surface area contributed by atoms with Crippen LogP contribution in [0.5, 0.6) is 0 Å². The summed E-state index contributed by atoms with van der Waals surface area (Å²) in [4.78, 5) is 4.58. The van der Waals surface area contributed by atoms with Crippen molar-refractivity contribution in [3.63, 3.8) is 0 Å². The minimum absolute atomic E-state index is 0.144. The van der Waals surface area contributed by atoms with Gasteiger partial charge in [0.1, 0.15) is 0 Å². The summed E-state index contributed by atoms with van der Waals surface area (Å²) in [6.45, 7) is 0.144. The van der Waals surface area contributed by atoms with Gasteiger partial charge in [-0.1, -0.05) is 31.3 Å². The van der Waals surface area contributed by atoms with Gasteiger partial charge < -0.3 is 5.11 Å². The second-order valence-corrected chi connectivity index (χ2v) is 4.82. The number of aliphatic hydroxyl groups is 1. The zero-order valence-corrected chi connectivity index (χ0v) is 9.65. The topological polar surface area (TPSA) is 32.6 Å². The van der Waals surface area contributed by atoms with Gasteiger partial charge in [-0.3, -0.25) is 4.99 Å². The zero-order chi connectivity index (χ0) is 11.5. The molecule has 1 saturated carbocycles. The Morgan fingerprint density at radius 1 is 1.31 bits per heavy atom. The highest BCUT2D eigenvalue weighted by atomic mass is 16.3. The summed E-state index contributed by atoms with van der Waals surface area (Å²) < 4.78 is 0. The third-order valence-electron chi connectivity index (χ3n) is 4.07. The Morgan fingerprint density at radius 3 is 2.56 bits per heavy atom. The lowest BCUT2D eigenvalue weighted by Crippen LogP contribution is -2.45. The first-order valence-electron chi connectivity index (χ1n) is 6.10. The van der Waals surface area contributed by atoms with E-state index in [1.54, 1.807) is 0 Å². The number of terminal acetylenes is 1. The van der Waals surface area contributed by atoms with Gasteiger partial charge in [0.2, 0.25) is 0 Å². The molecule has 0 aromatic carbocycles. The van der Waals surface area contributed by atoms with E-state index in [0.29, 0.717) is 6.42 Å². The van der Waals surface area contributed by atoms with Crippen LogP contribution >= 0.6 is 0 Å². The predicted molar refractivity (Wildman–Crippen MR) is 66.4 cm³/mol. The van der Waals surface area contributed by atoms with Crippen LogP contribution in [-0.2, 0) is 0 Å². The standard InChI is InChI=1S/C14H19NO/c1-2-13(7-4-3-5-8-13)14(10-12-16)9-6-11-15-14/h1,6,9,11,16H,3-5,7-8,10,12H2. The SMILES string of the molecule is C#CC1(C2(CCO)C=CC=N2)CCCCC1. The molecule has 0 aromatic rings. The van der Waals surface area contributed by atoms with Gasteiger partial charge in [0.05, 0.1) is 11.0 Å². The molecule has 0 spiro atoms. The monoisotopic (exact) mass is 217 g/mol. The Balaban J connectivity index is 2.34. The van der Waals surface area contributed by atoms with Gasteiger partial charge in [0.15, 0.2) is 0 Å². The van der Waals surface area contributed by atoms with Crippen LogP contribution in [0.1, 0.15) is 38.5 Å². The maximum Gasteiger partial charge on any atom is 0.0977 e. The van der Waals surface area contributed by atoms with Gasteiger partial charge in [-0.15, -0.1) is 6.42 Å². The normalized spacial score (nSPS) is 31.5. The molecule has 1 atom stereocenters. The van der Waals surface area contributed by atoms with Crippen molar-refractivity contribution in [3.8, 4) is 12.3 Å². The van der Waals surface area contributed by atoms with E-state index in [2.05, 4.69) is 17.0 Å². The fourth-order valence-electron chi connectivity index (χ4n) is 3.12. The maximum absolute atomic E-state index is 9.26. The van der Waals surface area contributed by atoms with Gasteiger partial charge >= 0.3 is 0 Å². The minimum atomic E-state index is -0.336. The largest absolute Gasteiger partial charge is 0.396 e. The van der Waals surface area contributed by atoms with Crippen molar-refractivity contribution in [1.82, 2.24) is 0 Å². The molecular formula is C14H19NO. The smallest absolute Gasteiger partial charge is 0.0977 e. The maximum atomic E-state index is 9.26. The second-order valence-electron chi connectivity index (χ2n) is 4.82. The molecule has 1 fully saturated rings. The molecular weight excluding hydrogens is 198 g/mol. The third kappa shape index (κ3) is 1.60. The van der Waals surface area contributed by atoms with Gasteiger partial charge in [-0.05, 0) is 18.9 Å². The molecule has 0 radical (unpaired) electrons. The molecule has 0 aromatic heterocycles. The Bertz CT molecular complexity index is 330. The van der Waals surface area contributed by atoms with Crippen molar-refractivity contribution >= 4 is 6.21 Å². The summed E-state index contributed by atoms with van der Waals surface area (Å²) >= 11 is 0. The molecule has 1 heterocycles. The quantitative estimate of drug-likeness (QED) is 0.723. The van der Waals surface area contributed by atoms with E-state index in [1.807, 2.05) is 12.3 Å². The van der Waals surface area contributed by atoms with E-state index in [-0.39, 0.29) is 17.6 Å². The van der Waals surface area contributed by atoms with Crippen molar-refractivity contribution in [2.24, 2.45) is 10.4 Å². The van der Waals surface area contributed by atoms with Crippen LogP contribution in [0.2, 0.25) is 0 Å². The highest BCUT2D eigenvalue weighted by molar-refractivity contribution is 5.75. The lowest BCUT2D eigenvalue weighted by Gasteiger charge is -2.44. The van der Waals surface area contributed by atoms with Crippen LogP contribution < -0.4 is 0 Å². The molecule has 0 saturated heterocycles. The molecule has 2 rings (SSSR count). The summed E-state index contributed by atoms with van der Waals surface area (Å²) in [5, 5.41) is 9.26. The molecule has 2 aliphatic rings. The van der Waals surface area contributed by atoms with E-state index < -0.39 is 0 Å². The van der Waals surface area contributed by atoms with Crippen molar-refractivity contribution in [2.45, 2.75) is 44.1 Å². The van der Waals surface area contributed by atoms with Gasteiger partial charge in [-0.2, -0.15) is 0 Å². The third-order valence-corrected chi connectivity index (χ3v) is 4.07. The first-order valence-corrected chi connectivity index (χ1v) is 6.10. The van der Waals surface area contributed by atoms with Crippen molar-refractivity contribution in [1.29, 1.82) is 0 Å². The van der Waals surface area contributed by atoms with E-state index in [0.717, 1.165) is 12.8 Å². The lowest BCUT2D eigenvalue weighted by atomic mass is 9.61. The molecule has 0 bridgehead atoms. The number of nitrogens with zero attached hydrogens (tertiary/aromatic N) is 1. The summed E-state index contributed by atoms with van der Waals surface area (Å²) in [6, 6.07) is 0. The molecule has 1 N–H and O–H groups in total. The first-order chi connectivity index (χ1) is 7.79. The number of hydrogen-bond donors (Lipinski definition) is 1. The number of rotatable bonds is 3. The second kappa shape index (κ2) is 4.43. The van der Waals surface area contributed by atoms with Crippen molar-refractivity contribution < 1.29 is 5.11 Å². The van der Waals surface area contributed by atoms with E-state index >= 15 is 0 Å². The molecule has 1 aliphatic heterocycles. The average Bonchev–Trinajstić information content (AvgIpc) is 2.81. The molecule has 0 amide bonds. The van der Waals surface area contributed by atoms with Crippen LogP contribution in [0.3, 0.4) is 0 Å². The van der Waals surface area contributed by atoms with Gasteiger partial charge in [0.25, 0.3) is 0 Å². The van der Waals surface area contributed by atoms with Gasteiger partial charge in [-0.25, -0.2) is 0 Å². The molecule has 1 unspecified atom stereocenters. The first kappa shape index (κ1) is 11.4. The average molecular weight is 217 g/mol. The highest BCUT2D eigenvalue weighted by Crippen LogP contribution is 2.49. The van der Waals surface area contributed by atoms with Crippen LogP contribution in [0.25, 0.3) is 0 Å². The van der Waals surface area contributed by atoms with E-state index in [9.17, 15) is 5.11 Å². The Morgan fingerprint density at radius 2 is 2.06 bits per heavy atom. The number of aliphatic hydroxyl groups excluding tert-OH is 1. The highest BCUT2D eigenvalue weighted by Gasteiger charge is 2.49. The van der Waals surface area contributed by atoms with Crippen LogP contribution in [0.15, 0.2) is 17.1 Å². The summed E-state index contributed by atoms with van der Waals surface area (Å²) in [7, 11) is 0. The summed E-state index contributed by atoms with van der Waals surface area (Å²) in [6.07, 6.45) is 18.0. The fraction of sp³-hybridized carbons (Fsp3) is 0.643. The van der Waals surface area contributed by atoms with Gasteiger partial charge in [0, 0.05) is 19.2 Å². The summed E-state index contributed by atoms with van der Waals surface area (Å²) in [5.41, 5.74) is -0.506.